The highest BCUT2D eigenvalue weighted by Crippen LogP contribution is 2.43. The topological polar surface area (TPSA) is 77.1 Å². The quantitative estimate of drug-likeness (QED) is 0.390. The predicted octanol–water partition coefficient (Wildman–Crippen LogP) is 4.98. The van der Waals surface area contributed by atoms with E-state index in [0.29, 0.717) is 11.6 Å². The van der Waals surface area contributed by atoms with Crippen LogP contribution in [0.1, 0.15) is 27.4 Å². The third kappa shape index (κ3) is 4.42. The fourth-order valence-electron chi connectivity index (χ4n) is 3.14. The molecule has 0 unspecified atom stereocenters. The molecule has 4 rings (SSSR count). The second-order valence-electron chi connectivity index (χ2n) is 7.26. The van der Waals surface area contributed by atoms with Crippen LogP contribution in [0, 0.1) is 12.7 Å². The second kappa shape index (κ2) is 8.31. The first-order valence-electron chi connectivity index (χ1n) is 9.46. The number of nitrogens with zero attached hydrogens (tertiary/aromatic N) is 5. The number of hydrogen-bond donors (Lipinski definition) is 1. The fourth-order valence-corrected chi connectivity index (χ4v) is 3.33. The van der Waals surface area contributed by atoms with Crippen molar-refractivity contribution in [3.63, 3.8) is 0 Å². The number of alkyl halides is 5. The van der Waals surface area contributed by atoms with Crippen LogP contribution in [0.2, 0.25) is 5.02 Å². The van der Waals surface area contributed by atoms with Crippen molar-refractivity contribution in [3.05, 3.63) is 76.1 Å². The van der Waals surface area contributed by atoms with E-state index in [1.54, 1.807) is 6.07 Å². The molecular formula is C20H13ClF6N6O. The Morgan fingerprint density at radius 2 is 1.85 bits per heavy atom. The van der Waals surface area contributed by atoms with Gasteiger partial charge < -0.3 is 5.32 Å². The van der Waals surface area contributed by atoms with Gasteiger partial charge in [-0.15, -0.1) is 0 Å². The highest BCUT2D eigenvalue weighted by atomic mass is 35.5. The standard InChI is InChI=1S/C20H13ClF6N6O/c1-10-5-15(19(23,24)20(25,26)27)33-16(28-10)7-14(30-33)18(34)29-17-13(21)9-32(31-17)8-11-3-2-4-12(22)6-11/h2-7,9H,8H2,1H3,(H,29,31,34). The SMILES string of the molecule is Cc1cc(C(F)(F)C(F)(F)F)n2nc(C(=O)Nc3nn(Cc4cccc(F)c4)cc3Cl)cc2n1. The molecule has 1 N–H and O–H groups in total. The molecule has 3 heterocycles. The van der Waals surface area contributed by atoms with Crippen molar-refractivity contribution in [1.82, 2.24) is 24.4 Å². The van der Waals surface area contributed by atoms with Gasteiger partial charge in [0.05, 0.1) is 6.54 Å². The van der Waals surface area contributed by atoms with E-state index in [1.165, 1.54) is 36.0 Å². The van der Waals surface area contributed by atoms with Crippen LogP contribution in [0.4, 0.5) is 32.2 Å². The lowest BCUT2D eigenvalue weighted by molar-refractivity contribution is -0.291. The van der Waals surface area contributed by atoms with Gasteiger partial charge in [0.25, 0.3) is 5.91 Å². The lowest BCUT2D eigenvalue weighted by atomic mass is 10.2. The molecule has 0 spiro atoms. The van der Waals surface area contributed by atoms with Crippen LogP contribution in [0.5, 0.6) is 0 Å². The molecule has 1 aromatic carbocycles. The van der Waals surface area contributed by atoms with E-state index in [0.717, 1.165) is 6.07 Å². The van der Waals surface area contributed by atoms with Crippen molar-refractivity contribution < 1.29 is 31.1 Å². The van der Waals surface area contributed by atoms with Gasteiger partial charge in [-0.1, -0.05) is 23.7 Å². The zero-order chi connectivity index (χ0) is 24.8. The first kappa shape index (κ1) is 23.5. The van der Waals surface area contributed by atoms with E-state index in [1.807, 2.05) is 0 Å². The van der Waals surface area contributed by atoms with E-state index < -0.39 is 35.2 Å². The highest BCUT2D eigenvalue weighted by molar-refractivity contribution is 6.33. The van der Waals surface area contributed by atoms with Gasteiger partial charge in [0.1, 0.15) is 16.5 Å². The normalized spacial score (nSPS) is 12.4. The molecular weight excluding hydrogens is 490 g/mol. The van der Waals surface area contributed by atoms with Crippen LogP contribution in [0.25, 0.3) is 5.65 Å². The molecule has 0 fully saturated rings. The first-order chi connectivity index (χ1) is 15.8. The number of halogens is 7. The number of carbonyl (C=O) groups is 1. The summed E-state index contributed by atoms with van der Waals surface area (Å²) >= 11 is 6.07. The third-order valence-electron chi connectivity index (χ3n) is 4.65. The molecule has 7 nitrogen and oxygen atoms in total. The molecule has 0 aliphatic carbocycles. The van der Waals surface area contributed by atoms with Crippen molar-refractivity contribution in [2.45, 2.75) is 25.6 Å². The van der Waals surface area contributed by atoms with Gasteiger partial charge in [-0.3, -0.25) is 9.48 Å². The molecule has 0 radical (unpaired) electrons. The largest absolute Gasteiger partial charge is 0.459 e. The number of nitrogens with one attached hydrogen (secondary N) is 1. The number of anilines is 1. The molecule has 3 aromatic heterocycles. The summed E-state index contributed by atoms with van der Waals surface area (Å²) < 4.78 is 81.7. The van der Waals surface area contributed by atoms with Gasteiger partial charge in [0, 0.05) is 18.0 Å². The highest BCUT2D eigenvalue weighted by Gasteiger charge is 2.60. The number of aromatic nitrogens is 5. The van der Waals surface area contributed by atoms with Crippen LogP contribution in [-0.4, -0.2) is 36.5 Å². The Morgan fingerprint density at radius 3 is 2.53 bits per heavy atom. The fraction of sp³-hybridized carbons (Fsp3) is 0.200. The Balaban J connectivity index is 1.62. The van der Waals surface area contributed by atoms with E-state index in [2.05, 4.69) is 20.5 Å². The number of rotatable bonds is 5. The van der Waals surface area contributed by atoms with Crippen molar-refractivity contribution >= 4 is 29.0 Å². The minimum atomic E-state index is -5.88. The molecule has 0 atom stereocenters. The summed E-state index contributed by atoms with van der Waals surface area (Å²) in [7, 11) is 0. The summed E-state index contributed by atoms with van der Waals surface area (Å²) in [6.45, 7) is 1.36. The van der Waals surface area contributed by atoms with Crippen LogP contribution >= 0.6 is 11.6 Å². The van der Waals surface area contributed by atoms with Gasteiger partial charge in [-0.2, -0.15) is 32.1 Å². The van der Waals surface area contributed by atoms with E-state index in [9.17, 15) is 31.1 Å². The molecule has 178 valence electrons. The molecule has 0 aliphatic heterocycles. The molecule has 0 saturated heterocycles. The van der Waals surface area contributed by atoms with Crippen LogP contribution in [0.15, 0.2) is 42.6 Å². The molecule has 0 bridgehead atoms. The Kier molecular flexibility index (Phi) is 5.75. The van der Waals surface area contributed by atoms with E-state index in [4.69, 9.17) is 11.6 Å². The smallest absolute Gasteiger partial charge is 0.302 e. The van der Waals surface area contributed by atoms with Gasteiger partial charge >= 0.3 is 12.1 Å². The molecule has 14 heteroatoms. The number of carbonyl (C=O) groups excluding carboxylic acids is 1. The molecule has 0 saturated carbocycles. The van der Waals surface area contributed by atoms with Crippen molar-refractivity contribution in [2.24, 2.45) is 0 Å². The predicted molar refractivity (Wildman–Crippen MR) is 108 cm³/mol. The maximum atomic E-state index is 14.0. The maximum absolute atomic E-state index is 14.0. The summed E-state index contributed by atoms with van der Waals surface area (Å²) in [6.07, 6.45) is -4.53. The van der Waals surface area contributed by atoms with Gasteiger partial charge in [0.15, 0.2) is 17.2 Å². The number of fused-ring (bicyclic) bond motifs is 1. The van der Waals surface area contributed by atoms with E-state index >= 15 is 0 Å². The van der Waals surface area contributed by atoms with Gasteiger partial charge in [-0.05, 0) is 30.7 Å². The molecule has 34 heavy (non-hydrogen) atoms. The van der Waals surface area contributed by atoms with Crippen molar-refractivity contribution in [2.75, 3.05) is 5.32 Å². The third-order valence-corrected chi connectivity index (χ3v) is 4.92. The lowest BCUT2D eigenvalue weighted by Gasteiger charge is -2.20. The van der Waals surface area contributed by atoms with Gasteiger partial charge in [-0.25, -0.2) is 13.9 Å². The Hall–Kier alpha value is -3.61. The molecule has 4 aromatic rings. The number of aryl methyl sites for hydroxylation is 1. The minimum absolute atomic E-state index is 0.00628. The Bertz CT molecular complexity index is 1400. The summed E-state index contributed by atoms with van der Waals surface area (Å²) in [5.41, 5.74) is -1.92. The van der Waals surface area contributed by atoms with Crippen LogP contribution in [-0.2, 0) is 12.5 Å². The summed E-state index contributed by atoms with van der Waals surface area (Å²) in [4.78, 5) is 16.5. The zero-order valence-electron chi connectivity index (χ0n) is 17.0. The molecule has 1 amide bonds. The van der Waals surface area contributed by atoms with Crippen LogP contribution < -0.4 is 5.32 Å². The summed E-state index contributed by atoms with van der Waals surface area (Å²) in [5, 5.41) is 9.98. The monoisotopic (exact) mass is 502 g/mol. The average Bonchev–Trinajstić information content (AvgIpc) is 3.29. The number of benzene rings is 1. The molecule has 0 aliphatic rings. The maximum Gasteiger partial charge on any atom is 0.459 e. The number of amides is 1. The summed E-state index contributed by atoms with van der Waals surface area (Å²) in [6, 6.07) is 7.21. The minimum Gasteiger partial charge on any atom is -0.302 e. The van der Waals surface area contributed by atoms with E-state index in [-0.39, 0.29) is 33.2 Å². The van der Waals surface area contributed by atoms with Crippen molar-refractivity contribution in [1.29, 1.82) is 0 Å². The number of hydrogen-bond acceptors (Lipinski definition) is 4. The van der Waals surface area contributed by atoms with Gasteiger partial charge in [0.2, 0.25) is 0 Å². The summed E-state index contributed by atoms with van der Waals surface area (Å²) in [5.74, 6) is -6.78. The van der Waals surface area contributed by atoms with Crippen LogP contribution in [0.3, 0.4) is 0 Å². The second-order valence-corrected chi connectivity index (χ2v) is 7.67. The Morgan fingerprint density at radius 1 is 1.12 bits per heavy atom. The Labute approximate surface area is 192 Å². The lowest BCUT2D eigenvalue weighted by Crippen LogP contribution is -2.36. The van der Waals surface area contributed by atoms with Crippen molar-refractivity contribution in [3.8, 4) is 0 Å². The first-order valence-corrected chi connectivity index (χ1v) is 9.84. The average molecular weight is 503 g/mol. The zero-order valence-corrected chi connectivity index (χ0v) is 17.8.